The normalized spacial score (nSPS) is 12.4. The van der Waals surface area contributed by atoms with Crippen molar-refractivity contribution >= 4 is 12.0 Å². The van der Waals surface area contributed by atoms with E-state index in [9.17, 15) is 4.79 Å². The Labute approximate surface area is 114 Å². The smallest absolute Gasteiger partial charge is 0.244 e. The number of hydrogen-bond acceptors (Lipinski definition) is 3. The highest BCUT2D eigenvalue weighted by atomic mass is 16.5. The van der Waals surface area contributed by atoms with E-state index in [0.717, 1.165) is 11.3 Å². The molecule has 1 amide bonds. The van der Waals surface area contributed by atoms with Crippen LogP contribution in [0.15, 0.2) is 30.3 Å². The maximum absolute atomic E-state index is 11.6. The van der Waals surface area contributed by atoms with E-state index in [1.807, 2.05) is 31.2 Å². The summed E-state index contributed by atoms with van der Waals surface area (Å²) in [4.78, 5) is 11.6. The lowest BCUT2D eigenvalue weighted by atomic mass is 10.1. The molecule has 1 rings (SSSR count). The molecule has 4 nitrogen and oxygen atoms in total. The van der Waals surface area contributed by atoms with Crippen LogP contribution in [0.5, 0.6) is 5.75 Å². The van der Waals surface area contributed by atoms with Crippen LogP contribution >= 0.6 is 0 Å². The number of methoxy groups -OCH3 is 1. The molecule has 1 atom stereocenters. The van der Waals surface area contributed by atoms with Crippen molar-refractivity contribution in [1.82, 2.24) is 5.32 Å². The Morgan fingerprint density at radius 1 is 1.53 bits per heavy atom. The molecule has 0 bridgehead atoms. The first kappa shape index (κ1) is 15.2. The molecule has 2 N–H and O–H groups in total. The van der Waals surface area contributed by atoms with E-state index >= 15 is 0 Å². The highest BCUT2D eigenvalue weighted by Crippen LogP contribution is 2.13. The molecule has 104 valence electrons. The Morgan fingerprint density at radius 2 is 2.32 bits per heavy atom. The standard InChI is InChI=1S/C15H21NO3/c1-12(8-9-17)11-16-15(18)7-6-13-4-3-5-14(10-13)19-2/h3-7,10,12,17H,8-9,11H2,1-2H3,(H,16,18). The first-order valence-electron chi connectivity index (χ1n) is 6.36. The zero-order valence-corrected chi connectivity index (χ0v) is 11.4. The van der Waals surface area contributed by atoms with Crippen LogP contribution < -0.4 is 10.1 Å². The van der Waals surface area contributed by atoms with Crippen LogP contribution in [-0.4, -0.2) is 31.3 Å². The van der Waals surface area contributed by atoms with Gasteiger partial charge in [-0.05, 0) is 36.1 Å². The second kappa shape index (κ2) is 8.32. The molecule has 0 heterocycles. The summed E-state index contributed by atoms with van der Waals surface area (Å²) < 4.78 is 5.11. The Hall–Kier alpha value is -1.81. The molecule has 0 radical (unpaired) electrons. The van der Waals surface area contributed by atoms with Crippen LogP contribution in [0, 0.1) is 5.92 Å². The molecule has 19 heavy (non-hydrogen) atoms. The fourth-order valence-corrected chi connectivity index (χ4v) is 1.57. The summed E-state index contributed by atoms with van der Waals surface area (Å²) in [5, 5.41) is 11.6. The van der Waals surface area contributed by atoms with Crippen LogP contribution in [0.25, 0.3) is 6.08 Å². The summed E-state index contributed by atoms with van der Waals surface area (Å²) in [5.41, 5.74) is 0.915. The van der Waals surface area contributed by atoms with Gasteiger partial charge in [-0.2, -0.15) is 0 Å². The molecule has 4 heteroatoms. The lowest BCUT2D eigenvalue weighted by Crippen LogP contribution is -2.26. The molecule has 0 aliphatic carbocycles. The van der Waals surface area contributed by atoms with Crippen LogP contribution in [-0.2, 0) is 4.79 Å². The van der Waals surface area contributed by atoms with E-state index < -0.39 is 0 Å². The Kier molecular flexibility index (Phi) is 6.68. The SMILES string of the molecule is COc1cccc(C=CC(=O)NCC(C)CCO)c1. The third kappa shape index (κ3) is 6.06. The van der Waals surface area contributed by atoms with Crippen LogP contribution in [0.1, 0.15) is 18.9 Å². The quantitative estimate of drug-likeness (QED) is 0.738. The van der Waals surface area contributed by atoms with Gasteiger partial charge in [0, 0.05) is 19.2 Å². The number of nitrogens with one attached hydrogen (secondary N) is 1. The summed E-state index contributed by atoms with van der Waals surface area (Å²) >= 11 is 0. The largest absolute Gasteiger partial charge is 0.497 e. The Bertz CT molecular complexity index is 429. The summed E-state index contributed by atoms with van der Waals surface area (Å²) in [5.74, 6) is 0.908. The Morgan fingerprint density at radius 3 is 3.00 bits per heavy atom. The molecule has 0 spiro atoms. The average molecular weight is 263 g/mol. The molecule has 0 fully saturated rings. The van der Waals surface area contributed by atoms with Gasteiger partial charge in [-0.15, -0.1) is 0 Å². The second-order valence-electron chi connectivity index (χ2n) is 4.47. The summed E-state index contributed by atoms with van der Waals surface area (Å²) in [6, 6.07) is 7.49. The number of amides is 1. The second-order valence-corrected chi connectivity index (χ2v) is 4.47. The van der Waals surface area contributed by atoms with Gasteiger partial charge in [0.05, 0.1) is 7.11 Å². The summed E-state index contributed by atoms with van der Waals surface area (Å²) in [6.45, 7) is 2.71. The van der Waals surface area contributed by atoms with Crippen molar-refractivity contribution < 1.29 is 14.6 Å². The molecule has 0 saturated heterocycles. The number of benzene rings is 1. The van der Waals surface area contributed by atoms with Gasteiger partial charge < -0.3 is 15.2 Å². The monoisotopic (exact) mass is 263 g/mol. The van der Waals surface area contributed by atoms with Crippen LogP contribution in [0.4, 0.5) is 0 Å². The third-order valence-electron chi connectivity index (χ3n) is 2.77. The molecular formula is C15H21NO3. The summed E-state index contributed by atoms with van der Waals surface area (Å²) in [7, 11) is 1.61. The van der Waals surface area contributed by atoms with Crippen molar-refractivity contribution in [2.24, 2.45) is 5.92 Å². The topological polar surface area (TPSA) is 58.6 Å². The lowest BCUT2D eigenvalue weighted by molar-refractivity contribution is -0.116. The number of aliphatic hydroxyl groups excluding tert-OH is 1. The maximum Gasteiger partial charge on any atom is 0.244 e. The number of hydrogen-bond donors (Lipinski definition) is 2. The number of carbonyl (C=O) groups excluding carboxylic acids is 1. The molecule has 0 aliphatic heterocycles. The predicted molar refractivity (Wildman–Crippen MR) is 75.9 cm³/mol. The highest BCUT2D eigenvalue weighted by molar-refractivity contribution is 5.91. The van der Waals surface area contributed by atoms with Crippen LogP contribution in [0.3, 0.4) is 0 Å². The number of rotatable bonds is 7. The van der Waals surface area contributed by atoms with Crippen LogP contribution in [0.2, 0.25) is 0 Å². The van der Waals surface area contributed by atoms with Gasteiger partial charge in [-0.3, -0.25) is 4.79 Å². The van der Waals surface area contributed by atoms with Crippen molar-refractivity contribution in [3.8, 4) is 5.75 Å². The van der Waals surface area contributed by atoms with Crippen molar-refractivity contribution in [3.63, 3.8) is 0 Å². The minimum absolute atomic E-state index is 0.132. The van der Waals surface area contributed by atoms with Gasteiger partial charge in [0.1, 0.15) is 5.75 Å². The fraction of sp³-hybridized carbons (Fsp3) is 0.400. The van der Waals surface area contributed by atoms with E-state index in [-0.39, 0.29) is 18.4 Å². The molecule has 0 aliphatic rings. The predicted octanol–water partition coefficient (Wildman–Crippen LogP) is 1.84. The average Bonchev–Trinajstić information content (AvgIpc) is 2.43. The number of ether oxygens (including phenoxy) is 1. The van der Waals surface area contributed by atoms with Crippen molar-refractivity contribution in [2.75, 3.05) is 20.3 Å². The van der Waals surface area contributed by atoms with E-state index in [2.05, 4.69) is 5.32 Å². The molecule has 0 saturated carbocycles. The Balaban J connectivity index is 2.44. The van der Waals surface area contributed by atoms with E-state index in [0.29, 0.717) is 13.0 Å². The number of carbonyl (C=O) groups is 1. The first-order chi connectivity index (χ1) is 9.15. The molecule has 1 unspecified atom stereocenters. The zero-order chi connectivity index (χ0) is 14.1. The fourth-order valence-electron chi connectivity index (χ4n) is 1.57. The van der Waals surface area contributed by atoms with Gasteiger partial charge in [-0.25, -0.2) is 0 Å². The molecule has 1 aromatic rings. The van der Waals surface area contributed by atoms with Gasteiger partial charge >= 0.3 is 0 Å². The number of aliphatic hydroxyl groups is 1. The molecular weight excluding hydrogens is 242 g/mol. The van der Waals surface area contributed by atoms with Crippen molar-refractivity contribution in [2.45, 2.75) is 13.3 Å². The minimum Gasteiger partial charge on any atom is -0.497 e. The molecule has 1 aromatic carbocycles. The van der Waals surface area contributed by atoms with E-state index in [1.165, 1.54) is 6.08 Å². The van der Waals surface area contributed by atoms with Gasteiger partial charge in [0.15, 0.2) is 0 Å². The maximum atomic E-state index is 11.6. The zero-order valence-electron chi connectivity index (χ0n) is 11.4. The van der Waals surface area contributed by atoms with E-state index in [4.69, 9.17) is 9.84 Å². The summed E-state index contributed by atoms with van der Waals surface area (Å²) in [6.07, 6.45) is 3.94. The van der Waals surface area contributed by atoms with Crippen molar-refractivity contribution in [3.05, 3.63) is 35.9 Å². The third-order valence-corrected chi connectivity index (χ3v) is 2.77. The first-order valence-corrected chi connectivity index (χ1v) is 6.36. The molecule has 0 aromatic heterocycles. The van der Waals surface area contributed by atoms with E-state index in [1.54, 1.807) is 13.2 Å². The lowest BCUT2D eigenvalue weighted by Gasteiger charge is -2.09. The highest BCUT2D eigenvalue weighted by Gasteiger charge is 2.02. The van der Waals surface area contributed by atoms with Crippen molar-refractivity contribution in [1.29, 1.82) is 0 Å². The van der Waals surface area contributed by atoms with Gasteiger partial charge in [-0.1, -0.05) is 19.1 Å². The van der Waals surface area contributed by atoms with Gasteiger partial charge in [0.25, 0.3) is 0 Å². The minimum atomic E-state index is -0.132. The van der Waals surface area contributed by atoms with Gasteiger partial charge in [0.2, 0.25) is 5.91 Å².